The molecule has 0 bridgehead atoms. The first-order valence-electron chi connectivity index (χ1n) is 3.60. The molecule has 4 heteroatoms. The SMILES string of the molecule is CC[C@H](C)C(Br)C(=O)NOC. The lowest BCUT2D eigenvalue weighted by atomic mass is 10.1. The van der Waals surface area contributed by atoms with Crippen LogP contribution in [0.25, 0.3) is 0 Å². The summed E-state index contributed by atoms with van der Waals surface area (Å²) in [6.07, 6.45) is 0.965. The number of rotatable bonds is 4. The van der Waals surface area contributed by atoms with Gasteiger partial charge in [-0.05, 0) is 5.92 Å². The van der Waals surface area contributed by atoms with E-state index >= 15 is 0 Å². The molecule has 0 fully saturated rings. The van der Waals surface area contributed by atoms with E-state index < -0.39 is 0 Å². The number of carbonyl (C=O) groups excluding carboxylic acids is 1. The molecular weight excluding hydrogens is 210 g/mol. The molecule has 1 amide bonds. The molecule has 3 nitrogen and oxygen atoms in total. The summed E-state index contributed by atoms with van der Waals surface area (Å²) in [4.78, 5) is 15.4. The van der Waals surface area contributed by atoms with Crippen molar-refractivity contribution in [1.29, 1.82) is 0 Å². The van der Waals surface area contributed by atoms with Gasteiger partial charge in [0.2, 0.25) is 0 Å². The topological polar surface area (TPSA) is 38.3 Å². The second kappa shape index (κ2) is 5.55. The van der Waals surface area contributed by atoms with Crippen molar-refractivity contribution in [2.24, 2.45) is 5.92 Å². The number of hydroxylamine groups is 1. The number of alkyl halides is 1. The Labute approximate surface area is 75.6 Å². The smallest absolute Gasteiger partial charge is 0.257 e. The fourth-order valence-electron chi connectivity index (χ4n) is 0.622. The molecule has 0 rings (SSSR count). The lowest BCUT2D eigenvalue weighted by molar-refractivity contribution is -0.131. The van der Waals surface area contributed by atoms with Gasteiger partial charge in [-0.2, -0.15) is 0 Å². The summed E-state index contributed by atoms with van der Waals surface area (Å²) in [7, 11) is 1.42. The van der Waals surface area contributed by atoms with Gasteiger partial charge >= 0.3 is 0 Å². The van der Waals surface area contributed by atoms with Crippen LogP contribution in [-0.2, 0) is 9.63 Å². The molecule has 0 heterocycles. The Bertz CT molecular complexity index is 130. The van der Waals surface area contributed by atoms with Crippen LogP contribution in [-0.4, -0.2) is 17.8 Å². The number of carbonyl (C=O) groups is 1. The molecule has 0 saturated carbocycles. The van der Waals surface area contributed by atoms with E-state index in [4.69, 9.17) is 0 Å². The highest BCUT2D eigenvalue weighted by atomic mass is 79.9. The van der Waals surface area contributed by atoms with Gasteiger partial charge in [0, 0.05) is 0 Å². The first-order chi connectivity index (χ1) is 5.13. The second-order valence-electron chi connectivity index (χ2n) is 2.46. The van der Waals surface area contributed by atoms with Crippen LogP contribution in [0.4, 0.5) is 0 Å². The summed E-state index contributed by atoms with van der Waals surface area (Å²) in [6, 6.07) is 0. The fourth-order valence-corrected chi connectivity index (χ4v) is 1.09. The van der Waals surface area contributed by atoms with E-state index in [-0.39, 0.29) is 10.7 Å². The van der Waals surface area contributed by atoms with Crippen LogP contribution in [0, 0.1) is 5.92 Å². The van der Waals surface area contributed by atoms with Gasteiger partial charge in [0.25, 0.3) is 5.91 Å². The Morgan fingerprint density at radius 2 is 2.27 bits per heavy atom. The monoisotopic (exact) mass is 223 g/mol. The molecule has 0 aliphatic rings. The number of hydrogen-bond donors (Lipinski definition) is 1. The lowest BCUT2D eigenvalue weighted by Crippen LogP contribution is -2.33. The molecule has 2 atom stereocenters. The summed E-state index contributed by atoms with van der Waals surface area (Å²) in [5, 5.41) is 0. The van der Waals surface area contributed by atoms with E-state index in [9.17, 15) is 4.79 Å². The van der Waals surface area contributed by atoms with Crippen molar-refractivity contribution >= 4 is 21.8 Å². The van der Waals surface area contributed by atoms with Crippen molar-refractivity contribution in [1.82, 2.24) is 5.48 Å². The first kappa shape index (κ1) is 10.9. The number of nitrogens with one attached hydrogen (secondary N) is 1. The third-order valence-electron chi connectivity index (χ3n) is 1.60. The molecule has 11 heavy (non-hydrogen) atoms. The largest absolute Gasteiger partial charge is 0.277 e. The lowest BCUT2D eigenvalue weighted by Gasteiger charge is -2.14. The van der Waals surface area contributed by atoms with E-state index in [0.717, 1.165) is 6.42 Å². The minimum absolute atomic E-state index is 0.123. The maximum absolute atomic E-state index is 11.1. The van der Waals surface area contributed by atoms with Gasteiger partial charge in [-0.25, -0.2) is 5.48 Å². The number of hydrogen-bond acceptors (Lipinski definition) is 2. The Balaban J connectivity index is 3.80. The van der Waals surface area contributed by atoms with Crippen LogP contribution in [0.2, 0.25) is 0 Å². The fraction of sp³-hybridized carbons (Fsp3) is 0.857. The van der Waals surface area contributed by atoms with Crippen LogP contribution in [0.1, 0.15) is 20.3 Å². The molecule has 1 N–H and O–H groups in total. The minimum Gasteiger partial charge on any atom is -0.277 e. The Hall–Kier alpha value is -0.0900. The van der Waals surface area contributed by atoms with Gasteiger partial charge in [-0.3, -0.25) is 9.63 Å². The van der Waals surface area contributed by atoms with Crippen LogP contribution < -0.4 is 5.48 Å². The van der Waals surface area contributed by atoms with Crippen molar-refractivity contribution < 1.29 is 9.63 Å². The van der Waals surface area contributed by atoms with Gasteiger partial charge in [0.15, 0.2) is 0 Å². The normalized spacial score (nSPS) is 15.6. The Morgan fingerprint density at radius 3 is 2.64 bits per heavy atom. The zero-order chi connectivity index (χ0) is 8.85. The zero-order valence-electron chi connectivity index (χ0n) is 7.06. The summed E-state index contributed by atoms with van der Waals surface area (Å²) in [5.41, 5.74) is 2.27. The van der Waals surface area contributed by atoms with Crippen LogP contribution in [0.3, 0.4) is 0 Å². The third-order valence-corrected chi connectivity index (χ3v) is 2.91. The molecule has 0 aromatic rings. The highest BCUT2D eigenvalue weighted by Gasteiger charge is 2.19. The highest BCUT2D eigenvalue weighted by molar-refractivity contribution is 9.10. The molecule has 0 aromatic carbocycles. The van der Waals surface area contributed by atoms with E-state index in [0.29, 0.717) is 5.92 Å². The third kappa shape index (κ3) is 3.72. The Morgan fingerprint density at radius 1 is 1.73 bits per heavy atom. The van der Waals surface area contributed by atoms with Crippen LogP contribution in [0.15, 0.2) is 0 Å². The highest BCUT2D eigenvalue weighted by Crippen LogP contribution is 2.15. The first-order valence-corrected chi connectivity index (χ1v) is 4.52. The van der Waals surface area contributed by atoms with Crippen LogP contribution >= 0.6 is 15.9 Å². The predicted octanol–water partition coefficient (Wildman–Crippen LogP) is 1.47. The second-order valence-corrected chi connectivity index (χ2v) is 3.44. The van der Waals surface area contributed by atoms with Crippen molar-refractivity contribution in [2.75, 3.05) is 7.11 Å². The molecule has 66 valence electrons. The average Bonchev–Trinajstić information content (AvgIpc) is 2.02. The molecule has 0 aromatic heterocycles. The summed E-state index contributed by atoms with van der Waals surface area (Å²) >= 11 is 3.28. The molecule has 0 aliphatic carbocycles. The predicted molar refractivity (Wildman–Crippen MR) is 47.3 cm³/mol. The molecule has 0 radical (unpaired) electrons. The van der Waals surface area contributed by atoms with Crippen molar-refractivity contribution in [3.63, 3.8) is 0 Å². The Kier molecular flexibility index (Phi) is 5.50. The average molecular weight is 224 g/mol. The zero-order valence-corrected chi connectivity index (χ0v) is 8.64. The van der Waals surface area contributed by atoms with E-state index in [1.54, 1.807) is 0 Å². The van der Waals surface area contributed by atoms with Gasteiger partial charge in [-0.1, -0.05) is 36.2 Å². The van der Waals surface area contributed by atoms with Gasteiger partial charge in [0.05, 0.1) is 11.9 Å². The summed E-state index contributed by atoms with van der Waals surface area (Å²) in [5.74, 6) is 0.201. The van der Waals surface area contributed by atoms with Gasteiger partial charge in [0.1, 0.15) is 0 Å². The molecule has 0 saturated heterocycles. The molecule has 1 unspecified atom stereocenters. The molecular formula is C7H14BrNO2. The van der Waals surface area contributed by atoms with Crippen LogP contribution in [0.5, 0.6) is 0 Å². The number of amides is 1. The summed E-state index contributed by atoms with van der Waals surface area (Å²) in [6.45, 7) is 4.05. The van der Waals surface area contributed by atoms with Crippen molar-refractivity contribution in [3.8, 4) is 0 Å². The van der Waals surface area contributed by atoms with Gasteiger partial charge < -0.3 is 0 Å². The quantitative estimate of drug-likeness (QED) is 0.580. The molecule has 0 spiro atoms. The number of halogens is 1. The maximum atomic E-state index is 11.1. The van der Waals surface area contributed by atoms with Crippen molar-refractivity contribution in [3.05, 3.63) is 0 Å². The summed E-state index contributed by atoms with van der Waals surface area (Å²) < 4.78 is 0. The van der Waals surface area contributed by atoms with Crippen molar-refractivity contribution in [2.45, 2.75) is 25.1 Å². The standard InChI is InChI=1S/C7H14BrNO2/c1-4-5(2)6(8)7(10)9-11-3/h5-6H,4H2,1-3H3,(H,9,10)/t5-,6?/m0/s1. The van der Waals surface area contributed by atoms with E-state index in [1.807, 2.05) is 13.8 Å². The van der Waals surface area contributed by atoms with E-state index in [1.165, 1.54) is 7.11 Å². The maximum Gasteiger partial charge on any atom is 0.257 e. The van der Waals surface area contributed by atoms with E-state index in [2.05, 4.69) is 26.2 Å². The molecule has 0 aliphatic heterocycles. The minimum atomic E-state index is -0.160. The van der Waals surface area contributed by atoms with Gasteiger partial charge in [-0.15, -0.1) is 0 Å².